The highest BCUT2D eigenvalue weighted by atomic mass is 32.2. The summed E-state index contributed by atoms with van der Waals surface area (Å²) in [7, 11) is -5.10. The lowest BCUT2D eigenvalue weighted by atomic mass is 10.2. The standard InChI is InChI=1S/C12H17NO4S2/c1-13(12-7-8-18(14,15)10-12)19(16,17)9-11-5-3-2-4-6-11/h2-6,12H,7-10H2,1H3/t12-/m1/s1. The van der Waals surface area contributed by atoms with Gasteiger partial charge < -0.3 is 0 Å². The molecule has 1 aromatic rings. The molecule has 0 unspecified atom stereocenters. The Kier molecular flexibility index (Phi) is 3.98. The van der Waals surface area contributed by atoms with Gasteiger partial charge in [0, 0.05) is 13.1 Å². The van der Waals surface area contributed by atoms with E-state index in [2.05, 4.69) is 0 Å². The Morgan fingerprint density at radius 1 is 1.26 bits per heavy atom. The van der Waals surface area contributed by atoms with E-state index in [-0.39, 0.29) is 17.3 Å². The zero-order valence-corrected chi connectivity index (χ0v) is 12.3. The molecular weight excluding hydrogens is 286 g/mol. The van der Waals surface area contributed by atoms with Crippen LogP contribution in [0, 0.1) is 0 Å². The summed E-state index contributed by atoms with van der Waals surface area (Å²) in [6.07, 6.45) is 0.382. The largest absolute Gasteiger partial charge is 0.229 e. The summed E-state index contributed by atoms with van der Waals surface area (Å²) in [5.41, 5.74) is 0.704. The molecule has 1 atom stereocenters. The van der Waals surface area contributed by atoms with E-state index in [0.29, 0.717) is 12.0 Å². The minimum absolute atomic E-state index is 0.0719. The molecule has 0 aliphatic carbocycles. The van der Waals surface area contributed by atoms with Crippen LogP contribution in [-0.4, -0.2) is 45.7 Å². The van der Waals surface area contributed by atoms with Gasteiger partial charge in [0.25, 0.3) is 0 Å². The lowest BCUT2D eigenvalue weighted by molar-refractivity contribution is 0.393. The van der Waals surface area contributed by atoms with Crippen molar-refractivity contribution < 1.29 is 16.8 Å². The van der Waals surface area contributed by atoms with Crippen molar-refractivity contribution in [2.24, 2.45) is 0 Å². The molecule has 0 N–H and O–H groups in total. The second-order valence-corrected chi connectivity index (χ2v) is 9.07. The summed E-state index contributed by atoms with van der Waals surface area (Å²) in [4.78, 5) is 0. The maximum atomic E-state index is 12.2. The van der Waals surface area contributed by atoms with Crippen molar-refractivity contribution in [2.75, 3.05) is 18.6 Å². The third kappa shape index (κ3) is 3.55. The predicted octanol–water partition coefficient (Wildman–Crippen LogP) is 0.635. The second kappa shape index (κ2) is 5.22. The molecule has 1 aliphatic heterocycles. The lowest BCUT2D eigenvalue weighted by Crippen LogP contribution is -2.38. The summed E-state index contributed by atoms with van der Waals surface area (Å²) in [6.45, 7) is 0. The van der Waals surface area contributed by atoms with Crippen molar-refractivity contribution >= 4 is 19.9 Å². The van der Waals surface area contributed by atoms with E-state index in [0.717, 1.165) is 0 Å². The monoisotopic (exact) mass is 303 g/mol. The fraction of sp³-hybridized carbons (Fsp3) is 0.500. The Morgan fingerprint density at radius 3 is 2.42 bits per heavy atom. The van der Waals surface area contributed by atoms with E-state index in [1.54, 1.807) is 24.3 Å². The maximum Gasteiger partial charge on any atom is 0.218 e. The number of nitrogens with zero attached hydrogens (tertiary/aromatic N) is 1. The number of sulfone groups is 1. The van der Waals surface area contributed by atoms with Gasteiger partial charge in [0.2, 0.25) is 10.0 Å². The van der Waals surface area contributed by atoms with Crippen LogP contribution in [0.2, 0.25) is 0 Å². The van der Waals surface area contributed by atoms with Gasteiger partial charge in [0.05, 0.1) is 17.3 Å². The number of rotatable bonds is 4. The molecule has 1 aliphatic rings. The smallest absolute Gasteiger partial charge is 0.218 e. The van der Waals surface area contributed by atoms with Gasteiger partial charge in [-0.1, -0.05) is 30.3 Å². The number of sulfonamides is 1. The topological polar surface area (TPSA) is 71.5 Å². The highest BCUT2D eigenvalue weighted by molar-refractivity contribution is 7.92. The van der Waals surface area contributed by atoms with E-state index in [1.807, 2.05) is 6.07 Å². The van der Waals surface area contributed by atoms with Crippen LogP contribution >= 0.6 is 0 Å². The van der Waals surface area contributed by atoms with E-state index in [4.69, 9.17) is 0 Å². The van der Waals surface area contributed by atoms with Gasteiger partial charge in [-0.05, 0) is 12.0 Å². The van der Waals surface area contributed by atoms with E-state index < -0.39 is 25.9 Å². The van der Waals surface area contributed by atoms with Crippen LogP contribution in [-0.2, 0) is 25.6 Å². The minimum Gasteiger partial charge on any atom is -0.229 e. The van der Waals surface area contributed by atoms with Crippen LogP contribution in [0.15, 0.2) is 30.3 Å². The minimum atomic E-state index is -3.48. The summed E-state index contributed by atoms with van der Waals surface area (Å²) in [5, 5.41) is 0. The molecule has 1 saturated heterocycles. The fourth-order valence-electron chi connectivity index (χ4n) is 2.18. The molecule has 7 heteroatoms. The SMILES string of the molecule is CN([C@@H]1CCS(=O)(=O)C1)S(=O)(=O)Cc1ccccc1. The van der Waals surface area contributed by atoms with Crippen LogP contribution in [0.4, 0.5) is 0 Å². The van der Waals surface area contributed by atoms with Crippen LogP contribution in [0.25, 0.3) is 0 Å². The molecule has 1 heterocycles. The molecule has 0 saturated carbocycles. The molecular formula is C12H17NO4S2. The summed E-state index contributed by atoms with van der Waals surface area (Å²) in [6, 6.07) is 8.45. The van der Waals surface area contributed by atoms with Crippen molar-refractivity contribution in [1.29, 1.82) is 0 Å². The van der Waals surface area contributed by atoms with Crippen LogP contribution < -0.4 is 0 Å². The van der Waals surface area contributed by atoms with Gasteiger partial charge in [0.15, 0.2) is 9.84 Å². The third-order valence-electron chi connectivity index (χ3n) is 3.35. The first-order valence-electron chi connectivity index (χ1n) is 6.00. The molecule has 0 bridgehead atoms. The van der Waals surface area contributed by atoms with E-state index >= 15 is 0 Å². The lowest BCUT2D eigenvalue weighted by Gasteiger charge is -2.22. The highest BCUT2D eigenvalue weighted by Gasteiger charge is 2.35. The van der Waals surface area contributed by atoms with Crippen molar-refractivity contribution in [3.05, 3.63) is 35.9 Å². The molecule has 0 aromatic heterocycles. The van der Waals surface area contributed by atoms with Crippen molar-refractivity contribution in [3.63, 3.8) is 0 Å². The number of benzene rings is 1. The zero-order valence-electron chi connectivity index (χ0n) is 10.7. The molecule has 5 nitrogen and oxygen atoms in total. The Hall–Kier alpha value is -0.920. The first-order valence-corrected chi connectivity index (χ1v) is 9.43. The fourth-order valence-corrected chi connectivity index (χ4v) is 5.50. The molecule has 0 amide bonds. The van der Waals surface area contributed by atoms with Crippen LogP contribution in [0.1, 0.15) is 12.0 Å². The van der Waals surface area contributed by atoms with Gasteiger partial charge in [-0.3, -0.25) is 0 Å². The Labute approximate surface area is 114 Å². The average Bonchev–Trinajstić information content (AvgIpc) is 2.69. The molecule has 2 rings (SSSR count). The first-order chi connectivity index (χ1) is 8.80. The van der Waals surface area contributed by atoms with Gasteiger partial charge in [-0.15, -0.1) is 0 Å². The molecule has 19 heavy (non-hydrogen) atoms. The quantitative estimate of drug-likeness (QED) is 0.818. The van der Waals surface area contributed by atoms with Crippen LogP contribution in [0.5, 0.6) is 0 Å². The highest BCUT2D eigenvalue weighted by Crippen LogP contribution is 2.21. The normalized spacial score (nSPS) is 22.7. The second-order valence-electron chi connectivity index (χ2n) is 4.81. The Bertz CT molecular complexity index is 638. The van der Waals surface area contributed by atoms with Crippen molar-refractivity contribution in [3.8, 4) is 0 Å². The Balaban J connectivity index is 2.12. The van der Waals surface area contributed by atoms with E-state index in [9.17, 15) is 16.8 Å². The molecule has 1 fully saturated rings. The summed E-state index contributed by atoms with van der Waals surface area (Å²) >= 11 is 0. The average molecular weight is 303 g/mol. The van der Waals surface area contributed by atoms with Gasteiger partial charge >= 0.3 is 0 Å². The zero-order chi connectivity index (χ0) is 14.1. The molecule has 106 valence electrons. The van der Waals surface area contributed by atoms with Gasteiger partial charge in [-0.25, -0.2) is 21.1 Å². The van der Waals surface area contributed by atoms with Crippen molar-refractivity contribution in [1.82, 2.24) is 4.31 Å². The Morgan fingerprint density at radius 2 is 1.89 bits per heavy atom. The first kappa shape index (κ1) is 14.5. The predicted molar refractivity (Wildman–Crippen MR) is 73.9 cm³/mol. The summed E-state index contributed by atoms with van der Waals surface area (Å²) in [5.74, 6) is -0.0960. The molecule has 0 spiro atoms. The molecule has 0 radical (unpaired) electrons. The van der Waals surface area contributed by atoms with Crippen LogP contribution in [0.3, 0.4) is 0 Å². The number of hydrogen-bond donors (Lipinski definition) is 0. The number of hydrogen-bond acceptors (Lipinski definition) is 4. The third-order valence-corrected chi connectivity index (χ3v) is 6.98. The summed E-state index contributed by atoms with van der Waals surface area (Å²) < 4.78 is 48.5. The van der Waals surface area contributed by atoms with E-state index in [1.165, 1.54) is 11.4 Å². The van der Waals surface area contributed by atoms with Crippen molar-refractivity contribution in [2.45, 2.75) is 18.2 Å². The van der Waals surface area contributed by atoms with Gasteiger partial charge in [0.1, 0.15) is 0 Å². The maximum absolute atomic E-state index is 12.2. The molecule has 1 aromatic carbocycles. The van der Waals surface area contributed by atoms with Gasteiger partial charge in [-0.2, -0.15) is 0 Å².